The number of benzene rings is 1. The van der Waals surface area contributed by atoms with E-state index in [1.54, 1.807) is 12.5 Å². The maximum absolute atomic E-state index is 9.47. The van der Waals surface area contributed by atoms with E-state index in [4.69, 9.17) is 0 Å². The third-order valence-corrected chi connectivity index (χ3v) is 2.91. The number of imidazole rings is 1. The molecule has 0 aliphatic rings. The Balaban J connectivity index is 0.00000120. The highest BCUT2D eigenvalue weighted by Crippen LogP contribution is 2.21. The first kappa shape index (κ1) is 12.4. The number of aromatic nitrogens is 5. The Bertz CT molecular complexity index is 649. The number of hydrogen-bond donors (Lipinski definition) is 1. The van der Waals surface area contributed by atoms with Gasteiger partial charge in [-0.1, -0.05) is 10.9 Å². The van der Waals surface area contributed by atoms with Gasteiger partial charge in [-0.05, 0) is 29.8 Å². The summed E-state index contributed by atoms with van der Waals surface area (Å²) in [7, 11) is 0. The van der Waals surface area contributed by atoms with Gasteiger partial charge in [0.2, 0.25) is 0 Å². The fourth-order valence-electron chi connectivity index (χ4n) is 1.85. The van der Waals surface area contributed by atoms with Gasteiger partial charge in [0.05, 0.1) is 12.4 Å². The lowest BCUT2D eigenvalue weighted by Gasteiger charge is -2.13. The Labute approximate surface area is 109 Å². The zero-order chi connectivity index (χ0) is 11.8. The van der Waals surface area contributed by atoms with Gasteiger partial charge in [0.1, 0.15) is 11.0 Å². The van der Waals surface area contributed by atoms with Gasteiger partial charge in [-0.25, -0.2) is 4.98 Å². The second-order valence-electron chi connectivity index (χ2n) is 3.91. The molecule has 3 aromatic rings. The number of nitrogens with zero attached hydrogens (tertiary/aromatic N) is 5. The van der Waals surface area contributed by atoms with Crippen LogP contribution in [0, 0.1) is 0 Å². The van der Waals surface area contributed by atoms with Gasteiger partial charge in [0.15, 0.2) is 0 Å². The molecule has 0 saturated carbocycles. The zero-order valence-electron chi connectivity index (χ0n) is 9.63. The fourth-order valence-corrected chi connectivity index (χ4v) is 1.85. The first-order valence-corrected chi connectivity index (χ1v) is 5.28. The fraction of sp³-hybridized carbons (Fsp3) is 0.182. The number of rotatable bonds is 2. The second kappa shape index (κ2) is 4.66. The average Bonchev–Trinajstić information content (AvgIpc) is 2.98. The molecule has 0 bridgehead atoms. The van der Waals surface area contributed by atoms with Crippen LogP contribution in [0.15, 0.2) is 36.9 Å². The van der Waals surface area contributed by atoms with Crippen LogP contribution < -0.4 is 0 Å². The summed E-state index contributed by atoms with van der Waals surface area (Å²) in [6, 6.07) is 5.84. The van der Waals surface area contributed by atoms with Crippen molar-refractivity contribution in [2.45, 2.75) is 13.0 Å². The van der Waals surface area contributed by atoms with Gasteiger partial charge in [-0.2, -0.15) is 0 Å². The molecular formula is C11H12ClN5O. The molecule has 0 fully saturated rings. The van der Waals surface area contributed by atoms with Crippen LogP contribution in [0.3, 0.4) is 0 Å². The third-order valence-electron chi connectivity index (χ3n) is 2.91. The second-order valence-corrected chi connectivity index (χ2v) is 3.91. The van der Waals surface area contributed by atoms with Crippen LogP contribution in [0.4, 0.5) is 0 Å². The lowest BCUT2D eigenvalue weighted by Crippen LogP contribution is -2.04. The molecule has 0 radical (unpaired) electrons. The first-order chi connectivity index (χ1) is 8.25. The number of halogens is 1. The molecule has 1 aromatic carbocycles. The predicted molar refractivity (Wildman–Crippen MR) is 68.0 cm³/mol. The zero-order valence-corrected chi connectivity index (χ0v) is 10.4. The Morgan fingerprint density at radius 2 is 2.17 bits per heavy atom. The van der Waals surface area contributed by atoms with Crippen molar-refractivity contribution in [2.75, 3.05) is 0 Å². The van der Waals surface area contributed by atoms with Crippen LogP contribution in [-0.4, -0.2) is 29.9 Å². The molecule has 0 aliphatic carbocycles. The van der Waals surface area contributed by atoms with Crippen LogP contribution in [0.5, 0.6) is 0 Å². The summed E-state index contributed by atoms with van der Waals surface area (Å²) in [6.45, 7) is 2.06. The van der Waals surface area contributed by atoms with E-state index >= 15 is 0 Å². The van der Waals surface area contributed by atoms with Crippen LogP contribution >= 0.6 is 12.4 Å². The molecule has 0 spiro atoms. The lowest BCUT2D eigenvalue weighted by molar-refractivity contribution is 0.154. The normalized spacial score (nSPS) is 12.3. The van der Waals surface area contributed by atoms with Crippen molar-refractivity contribution in [1.29, 1.82) is 0 Å². The van der Waals surface area contributed by atoms with Crippen molar-refractivity contribution in [2.24, 2.45) is 0 Å². The SMILES string of the molecule is CC(c1ccc2nnn(O)c2c1)n1ccnc1.Cl. The molecule has 2 heterocycles. The molecule has 2 aromatic heterocycles. The molecule has 1 unspecified atom stereocenters. The summed E-state index contributed by atoms with van der Waals surface area (Å²) in [5, 5.41) is 16.9. The van der Waals surface area contributed by atoms with E-state index in [1.807, 2.05) is 29.0 Å². The molecule has 1 N–H and O–H groups in total. The molecule has 7 heteroatoms. The van der Waals surface area contributed by atoms with E-state index in [0.29, 0.717) is 11.0 Å². The van der Waals surface area contributed by atoms with E-state index in [9.17, 15) is 5.21 Å². The molecule has 94 valence electrons. The van der Waals surface area contributed by atoms with E-state index in [-0.39, 0.29) is 18.4 Å². The number of fused-ring (bicyclic) bond motifs is 1. The lowest BCUT2D eigenvalue weighted by atomic mass is 10.1. The minimum Gasteiger partial charge on any atom is -0.410 e. The molecule has 3 rings (SSSR count). The molecule has 0 aliphatic heterocycles. The third kappa shape index (κ3) is 1.91. The average molecular weight is 266 g/mol. The standard InChI is InChI=1S/C11H11N5O.ClH/c1-8(15-5-4-12-7-15)9-2-3-10-11(6-9)16(17)14-13-10;/h2-8,17H,1H3;1H. The summed E-state index contributed by atoms with van der Waals surface area (Å²) in [5.74, 6) is 0. The summed E-state index contributed by atoms with van der Waals surface area (Å²) in [4.78, 5) is 4.81. The van der Waals surface area contributed by atoms with Crippen LogP contribution in [0.25, 0.3) is 11.0 Å². The van der Waals surface area contributed by atoms with Crippen molar-refractivity contribution < 1.29 is 5.21 Å². The van der Waals surface area contributed by atoms with Gasteiger partial charge in [0, 0.05) is 12.4 Å². The highest BCUT2D eigenvalue weighted by atomic mass is 35.5. The Hall–Kier alpha value is -2.08. The van der Waals surface area contributed by atoms with Crippen molar-refractivity contribution in [3.8, 4) is 0 Å². The first-order valence-electron chi connectivity index (χ1n) is 5.28. The molecule has 0 saturated heterocycles. The Morgan fingerprint density at radius 1 is 1.33 bits per heavy atom. The predicted octanol–water partition coefficient (Wildman–Crippen LogP) is 1.90. The smallest absolute Gasteiger partial charge is 0.131 e. The van der Waals surface area contributed by atoms with Crippen molar-refractivity contribution in [3.63, 3.8) is 0 Å². The molecule has 0 amide bonds. The summed E-state index contributed by atoms with van der Waals surface area (Å²) < 4.78 is 1.99. The van der Waals surface area contributed by atoms with E-state index < -0.39 is 0 Å². The van der Waals surface area contributed by atoms with Gasteiger partial charge >= 0.3 is 0 Å². The minimum atomic E-state index is 0. The van der Waals surface area contributed by atoms with Crippen LogP contribution in [0.2, 0.25) is 0 Å². The Morgan fingerprint density at radius 3 is 2.89 bits per heavy atom. The topological polar surface area (TPSA) is 68.8 Å². The van der Waals surface area contributed by atoms with Gasteiger partial charge in [-0.15, -0.1) is 17.5 Å². The minimum absolute atomic E-state index is 0. The molecule has 6 nitrogen and oxygen atoms in total. The summed E-state index contributed by atoms with van der Waals surface area (Å²) >= 11 is 0. The summed E-state index contributed by atoms with van der Waals surface area (Å²) in [5.41, 5.74) is 2.34. The molecule has 18 heavy (non-hydrogen) atoms. The largest absolute Gasteiger partial charge is 0.410 e. The summed E-state index contributed by atoms with van der Waals surface area (Å²) in [6.07, 6.45) is 5.42. The highest BCUT2D eigenvalue weighted by molar-refractivity contribution is 5.85. The van der Waals surface area contributed by atoms with E-state index in [0.717, 1.165) is 10.4 Å². The molecular weight excluding hydrogens is 254 g/mol. The van der Waals surface area contributed by atoms with Crippen LogP contribution in [-0.2, 0) is 0 Å². The van der Waals surface area contributed by atoms with E-state index in [2.05, 4.69) is 22.2 Å². The van der Waals surface area contributed by atoms with Crippen molar-refractivity contribution >= 4 is 23.4 Å². The van der Waals surface area contributed by atoms with E-state index in [1.165, 1.54) is 0 Å². The van der Waals surface area contributed by atoms with Gasteiger partial charge in [-0.3, -0.25) is 0 Å². The van der Waals surface area contributed by atoms with Crippen LogP contribution in [0.1, 0.15) is 18.5 Å². The monoisotopic (exact) mass is 265 g/mol. The molecule has 1 atom stereocenters. The maximum Gasteiger partial charge on any atom is 0.131 e. The maximum atomic E-state index is 9.47. The van der Waals surface area contributed by atoms with Crippen molar-refractivity contribution in [1.82, 2.24) is 24.7 Å². The van der Waals surface area contributed by atoms with Gasteiger partial charge in [0.25, 0.3) is 0 Å². The quantitative estimate of drug-likeness (QED) is 0.719. The number of hydrogen-bond acceptors (Lipinski definition) is 4. The van der Waals surface area contributed by atoms with Crippen molar-refractivity contribution in [3.05, 3.63) is 42.5 Å². The van der Waals surface area contributed by atoms with Gasteiger partial charge < -0.3 is 9.77 Å². The Kier molecular flexibility index (Phi) is 3.20. The highest BCUT2D eigenvalue weighted by Gasteiger charge is 2.10.